The van der Waals surface area contributed by atoms with Crippen molar-refractivity contribution >= 4 is 41.9 Å². The summed E-state index contributed by atoms with van der Waals surface area (Å²) in [5, 5.41) is 7.77. The molecule has 2 aromatic rings. The highest BCUT2D eigenvalue weighted by Gasteiger charge is 2.31. The molecule has 3 rings (SSSR count). The van der Waals surface area contributed by atoms with Crippen LogP contribution in [0.2, 0.25) is 0 Å². The van der Waals surface area contributed by atoms with E-state index in [0.29, 0.717) is 23.4 Å². The first-order valence-electron chi connectivity index (χ1n) is 6.22. The van der Waals surface area contributed by atoms with E-state index in [1.54, 1.807) is 18.5 Å². The zero-order valence-corrected chi connectivity index (χ0v) is 15.1. The van der Waals surface area contributed by atoms with E-state index in [1.165, 1.54) is 4.31 Å². The lowest BCUT2D eigenvalue weighted by Gasteiger charge is -2.26. The molecule has 6 nitrogen and oxygen atoms in total. The number of aryl methyl sites for hydroxylation is 1. The third kappa shape index (κ3) is 2.67. The second kappa shape index (κ2) is 5.45. The topological polar surface area (TPSA) is 68.1 Å². The van der Waals surface area contributed by atoms with Gasteiger partial charge in [-0.15, -0.1) is 10.2 Å². The van der Waals surface area contributed by atoms with Gasteiger partial charge in [0.25, 0.3) is 0 Å². The second-order valence-corrected chi connectivity index (χ2v) is 8.43. The molecule has 1 aliphatic rings. The number of hydrogen-bond donors (Lipinski definition) is 0. The predicted octanol–water partition coefficient (Wildman–Crippen LogP) is 2.32. The van der Waals surface area contributed by atoms with Gasteiger partial charge in [-0.25, -0.2) is 8.42 Å². The van der Waals surface area contributed by atoms with Crippen molar-refractivity contribution in [3.05, 3.63) is 38.8 Å². The maximum atomic E-state index is 12.8. The van der Waals surface area contributed by atoms with Gasteiger partial charge in [0.1, 0.15) is 12.2 Å². The molecule has 112 valence electrons. The molecule has 0 radical (unpaired) electrons. The zero-order valence-electron chi connectivity index (χ0n) is 11.1. The Balaban J connectivity index is 2.00. The van der Waals surface area contributed by atoms with Crippen LogP contribution < -0.4 is 0 Å². The minimum Gasteiger partial charge on any atom is -0.315 e. The SMILES string of the molecule is Cc1cc(Br)c(S(=O)(=O)N2CCn3cnnc3C2)cc1Br. The van der Waals surface area contributed by atoms with Crippen LogP contribution in [0.25, 0.3) is 0 Å². The number of nitrogens with zero attached hydrogens (tertiary/aromatic N) is 4. The van der Waals surface area contributed by atoms with Gasteiger partial charge in [-0.2, -0.15) is 4.31 Å². The summed E-state index contributed by atoms with van der Waals surface area (Å²) in [6.45, 7) is 3.12. The van der Waals surface area contributed by atoms with Crippen molar-refractivity contribution in [3.8, 4) is 0 Å². The molecule has 1 aromatic heterocycles. The van der Waals surface area contributed by atoms with E-state index >= 15 is 0 Å². The highest BCUT2D eigenvalue weighted by molar-refractivity contribution is 9.11. The van der Waals surface area contributed by atoms with Crippen molar-refractivity contribution < 1.29 is 8.42 Å². The molecule has 0 saturated heterocycles. The minimum absolute atomic E-state index is 0.236. The van der Waals surface area contributed by atoms with Gasteiger partial charge in [-0.3, -0.25) is 0 Å². The quantitative estimate of drug-likeness (QED) is 0.725. The van der Waals surface area contributed by atoms with Crippen LogP contribution in [0, 0.1) is 6.92 Å². The molecular weight excluding hydrogens is 424 g/mol. The largest absolute Gasteiger partial charge is 0.315 e. The number of rotatable bonds is 2. The van der Waals surface area contributed by atoms with Crippen molar-refractivity contribution in [1.29, 1.82) is 0 Å². The number of benzene rings is 1. The van der Waals surface area contributed by atoms with Crippen LogP contribution >= 0.6 is 31.9 Å². The Hall–Kier alpha value is -0.770. The minimum atomic E-state index is -3.58. The van der Waals surface area contributed by atoms with Crippen LogP contribution in [0.3, 0.4) is 0 Å². The molecular formula is C12H12Br2N4O2S. The molecule has 0 unspecified atom stereocenters. The normalized spacial score (nSPS) is 16.0. The predicted molar refractivity (Wildman–Crippen MR) is 84.2 cm³/mol. The van der Waals surface area contributed by atoms with E-state index in [-0.39, 0.29) is 11.4 Å². The van der Waals surface area contributed by atoms with Crippen LogP contribution in [0.15, 0.2) is 32.3 Å². The van der Waals surface area contributed by atoms with E-state index in [1.807, 2.05) is 11.5 Å². The molecule has 0 N–H and O–H groups in total. The average Bonchev–Trinajstić information content (AvgIpc) is 2.90. The Morgan fingerprint density at radius 3 is 2.71 bits per heavy atom. The maximum Gasteiger partial charge on any atom is 0.244 e. The van der Waals surface area contributed by atoms with Crippen molar-refractivity contribution in [3.63, 3.8) is 0 Å². The van der Waals surface area contributed by atoms with Crippen molar-refractivity contribution in [1.82, 2.24) is 19.1 Å². The van der Waals surface area contributed by atoms with E-state index < -0.39 is 10.0 Å². The number of halogens is 2. The summed E-state index contributed by atoms with van der Waals surface area (Å²) in [6, 6.07) is 3.43. The Morgan fingerprint density at radius 2 is 1.95 bits per heavy atom. The van der Waals surface area contributed by atoms with Gasteiger partial charge < -0.3 is 4.57 Å². The van der Waals surface area contributed by atoms with Gasteiger partial charge in [-0.05, 0) is 40.5 Å². The fraction of sp³-hybridized carbons (Fsp3) is 0.333. The molecule has 0 aliphatic carbocycles. The van der Waals surface area contributed by atoms with Crippen molar-refractivity contribution in [2.24, 2.45) is 0 Å². The monoisotopic (exact) mass is 434 g/mol. The molecule has 0 amide bonds. The molecule has 0 spiro atoms. The lowest BCUT2D eigenvalue weighted by molar-refractivity contribution is 0.335. The van der Waals surface area contributed by atoms with Gasteiger partial charge in [0.15, 0.2) is 0 Å². The van der Waals surface area contributed by atoms with Gasteiger partial charge in [0.05, 0.1) is 11.4 Å². The molecule has 1 aromatic carbocycles. The highest BCUT2D eigenvalue weighted by Crippen LogP contribution is 2.31. The number of sulfonamides is 1. The maximum absolute atomic E-state index is 12.8. The third-order valence-corrected chi connectivity index (χ3v) is 7.09. The van der Waals surface area contributed by atoms with Crippen molar-refractivity contribution in [2.45, 2.75) is 24.9 Å². The molecule has 1 aliphatic heterocycles. The van der Waals surface area contributed by atoms with E-state index in [9.17, 15) is 8.42 Å². The molecule has 2 heterocycles. The summed E-state index contributed by atoms with van der Waals surface area (Å²) in [5.41, 5.74) is 0.971. The first-order chi connectivity index (χ1) is 9.89. The van der Waals surface area contributed by atoms with Crippen molar-refractivity contribution in [2.75, 3.05) is 6.54 Å². The van der Waals surface area contributed by atoms with Gasteiger partial charge in [-0.1, -0.05) is 15.9 Å². The fourth-order valence-electron chi connectivity index (χ4n) is 2.21. The second-order valence-electron chi connectivity index (χ2n) is 4.81. The van der Waals surface area contributed by atoms with Crippen LogP contribution in [0.1, 0.15) is 11.4 Å². The molecule has 0 fully saturated rings. The average molecular weight is 436 g/mol. The summed E-state index contributed by atoms with van der Waals surface area (Å²) < 4.78 is 30.3. The van der Waals surface area contributed by atoms with Crippen LogP contribution in [0.4, 0.5) is 0 Å². The van der Waals surface area contributed by atoms with E-state index in [0.717, 1.165) is 10.0 Å². The molecule has 0 bridgehead atoms. The van der Waals surface area contributed by atoms with Gasteiger partial charge in [0, 0.05) is 22.0 Å². The first kappa shape index (κ1) is 15.1. The van der Waals surface area contributed by atoms with E-state index in [2.05, 4.69) is 42.1 Å². The fourth-order valence-corrected chi connectivity index (χ4v) is 5.24. The molecule has 0 saturated carbocycles. The number of fused-ring (bicyclic) bond motifs is 1. The summed E-state index contributed by atoms with van der Waals surface area (Å²) in [7, 11) is -3.58. The summed E-state index contributed by atoms with van der Waals surface area (Å²) in [4.78, 5) is 0.257. The van der Waals surface area contributed by atoms with Gasteiger partial charge >= 0.3 is 0 Å². The Kier molecular flexibility index (Phi) is 3.93. The summed E-state index contributed by atoms with van der Waals surface area (Å²) in [6.07, 6.45) is 1.62. The third-order valence-electron chi connectivity index (χ3n) is 3.43. The molecule has 0 atom stereocenters. The Morgan fingerprint density at radius 1 is 1.19 bits per heavy atom. The Bertz CT molecular complexity index is 804. The molecule has 9 heteroatoms. The lowest BCUT2D eigenvalue weighted by Crippen LogP contribution is -2.38. The highest BCUT2D eigenvalue weighted by atomic mass is 79.9. The summed E-state index contributed by atoms with van der Waals surface area (Å²) in [5.74, 6) is 0.659. The smallest absolute Gasteiger partial charge is 0.244 e. The lowest BCUT2D eigenvalue weighted by atomic mass is 10.2. The number of hydrogen-bond acceptors (Lipinski definition) is 4. The zero-order chi connectivity index (χ0) is 15.2. The standard InChI is InChI=1S/C12H12Br2N4O2S/c1-8-4-10(14)11(5-9(8)13)21(19,20)18-3-2-17-7-15-16-12(17)6-18/h4-5,7H,2-3,6H2,1H3. The van der Waals surface area contributed by atoms with Gasteiger partial charge in [0.2, 0.25) is 10.0 Å². The van der Waals surface area contributed by atoms with Crippen LogP contribution in [0.5, 0.6) is 0 Å². The van der Waals surface area contributed by atoms with Crippen LogP contribution in [-0.4, -0.2) is 34.0 Å². The molecule has 21 heavy (non-hydrogen) atoms. The first-order valence-corrected chi connectivity index (χ1v) is 9.24. The van der Waals surface area contributed by atoms with E-state index in [4.69, 9.17) is 0 Å². The van der Waals surface area contributed by atoms with Crippen LogP contribution in [-0.2, 0) is 23.1 Å². The Labute approximate surface area is 139 Å². The number of aromatic nitrogens is 3. The summed E-state index contributed by atoms with van der Waals surface area (Å²) >= 11 is 6.73.